The largest absolute Gasteiger partial charge is 0.467 e. The molecule has 0 aromatic carbocycles. The predicted molar refractivity (Wildman–Crippen MR) is 102 cm³/mol. The van der Waals surface area contributed by atoms with Crippen molar-refractivity contribution in [3.8, 4) is 0 Å². The molecule has 0 aliphatic carbocycles. The lowest BCUT2D eigenvalue weighted by molar-refractivity contribution is 0.105. The summed E-state index contributed by atoms with van der Waals surface area (Å²) in [4.78, 5) is 8.91. The van der Waals surface area contributed by atoms with Crippen molar-refractivity contribution >= 4 is 17.3 Å². The van der Waals surface area contributed by atoms with Crippen LogP contribution in [0.25, 0.3) is 0 Å². The van der Waals surface area contributed by atoms with E-state index < -0.39 is 0 Å². The van der Waals surface area contributed by atoms with Crippen molar-refractivity contribution < 1.29 is 9.15 Å². The van der Waals surface area contributed by atoms with E-state index in [-0.39, 0.29) is 5.41 Å². The number of rotatable bonds is 8. The van der Waals surface area contributed by atoms with E-state index >= 15 is 0 Å². The average molecular weight is 365 g/mol. The molecule has 2 rings (SSSR count). The first-order chi connectivity index (χ1) is 12.0. The summed E-state index contributed by atoms with van der Waals surface area (Å²) in [7, 11) is 1.77. The number of ether oxygens (including phenoxy) is 1. The summed E-state index contributed by atoms with van der Waals surface area (Å²) in [5, 5.41) is 9.77. The van der Waals surface area contributed by atoms with Crippen LogP contribution in [-0.2, 0) is 23.3 Å². The van der Waals surface area contributed by atoms with Gasteiger partial charge in [0.05, 0.1) is 18.5 Å². The molecule has 2 aromatic heterocycles. The Morgan fingerprint density at radius 2 is 2.20 bits per heavy atom. The van der Waals surface area contributed by atoms with Crippen molar-refractivity contribution in [1.29, 1.82) is 0 Å². The highest BCUT2D eigenvalue weighted by molar-refractivity contribution is 7.09. The molecule has 6 nitrogen and oxygen atoms in total. The standard InChI is InChI=1S/C18H28N4O2S/c1-18(2,3)15-13-25-16(22-15)11-21-17(19-4)20-8-6-9-23-12-14-7-5-10-24-14/h5,7,10,13H,6,8-9,11-12H2,1-4H3,(H2,19,20,21). The van der Waals surface area contributed by atoms with Gasteiger partial charge in [0, 0.05) is 31.0 Å². The molecule has 7 heteroatoms. The topological polar surface area (TPSA) is 71.7 Å². The summed E-state index contributed by atoms with van der Waals surface area (Å²) >= 11 is 1.68. The van der Waals surface area contributed by atoms with Gasteiger partial charge in [-0.2, -0.15) is 0 Å². The third-order valence-electron chi connectivity index (χ3n) is 3.53. The molecule has 2 heterocycles. The summed E-state index contributed by atoms with van der Waals surface area (Å²) in [5.41, 5.74) is 1.22. The maximum Gasteiger partial charge on any atom is 0.191 e. The third kappa shape index (κ3) is 6.88. The number of furan rings is 1. The molecular formula is C18H28N4O2S. The molecule has 0 fully saturated rings. The molecule has 0 saturated heterocycles. The quantitative estimate of drug-likeness (QED) is 0.427. The minimum atomic E-state index is 0.0876. The lowest BCUT2D eigenvalue weighted by Crippen LogP contribution is -2.37. The number of nitrogens with zero attached hydrogens (tertiary/aromatic N) is 2. The van der Waals surface area contributed by atoms with Crippen LogP contribution in [0.15, 0.2) is 33.2 Å². The van der Waals surface area contributed by atoms with Crippen LogP contribution >= 0.6 is 11.3 Å². The zero-order valence-corrected chi connectivity index (χ0v) is 16.3. The third-order valence-corrected chi connectivity index (χ3v) is 4.38. The van der Waals surface area contributed by atoms with Crippen LogP contribution in [0, 0.1) is 0 Å². The van der Waals surface area contributed by atoms with Gasteiger partial charge >= 0.3 is 0 Å². The second-order valence-corrected chi connectivity index (χ2v) is 7.66. The van der Waals surface area contributed by atoms with E-state index in [1.807, 2.05) is 12.1 Å². The fraction of sp³-hybridized carbons (Fsp3) is 0.556. The smallest absolute Gasteiger partial charge is 0.191 e. The Morgan fingerprint density at radius 3 is 2.84 bits per heavy atom. The first kappa shape index (κ1) is 19.5. The lowest BCUT2D eigenvalue weighted by atomic mass is 9.93. The molecule has 138 valence electrons. The van der Waals surface area contributed by atoms with Gasteiger partial charge in [-0.3, -0.25) is 4.99 Å². The number of nitrogens with one attached hydrogen (secondary N) is 2. The van der Waals surface area contributed by atoms with E-state index in [9.17, 15) is 0 Å². The highest BCUT2D eigenvalue weighted by atomic mass is 32.1. The van der Waals surface area contributed by atoms with Gasteiger partial charge in [0.2, 0.25) is 0 Å². The van der Waals surface area contributed by atoms with Crippen LogP contribution in [0.1, 0.15) is 43.7 Å². The van der Waals surface area contributed by atoms with E-state index in [2.05, 4.69) is 46.8 Å². The SMILES string of the molecule is CN=C(NCCCOCc1ccco1)NCc1nc(C(C)(C)C)cs1. The van der Waals surface area contributed by atoms with Crippen LogP contribution in [0.5, 0.6) is 0 Å². The lowest BCUT2D eigenvalue weighted by Gasteiger charge is -2.14. The highest BCUT2D eigenvalue weighted by Crippen LogP contribution is 2.23. The maximum atomic E-state index is 5.56. The highest BCUT2D eigenvalue weighted by Gasteiger charge is 2.17. The second kappa shape index (κ2) is 9.58. The number of thiazole rings is 1. The van der Waals surface area contributed by atoms with Gasteiger partial charge < -0.3 is 19.8 Å². The van der Waals surface area contributed by atoms with E-state index in [4.69, 9.17) is 9.15 Å². The van der Waals surface area contributed by atoms with Gasteiger partial charge in [-0.05, 0) is 18.6 Å². The first-order valence-corrected chi connectivity index (χ1v) is 9.36. The Morgan fingerprint density at radius 1 is 1.36 bits per heavy atom. The van der Waals surface area contributed by atoms with E-state index in [0.717, 1.165) is 35.4 Å². The average Bonchev–Trinajstić information content (AvgIpc) is 3.24. The molecule has 25 heavy (non-hydrogen) atoms. The molecule has 0 bridgehead atoms. The molecule has 0 aliphatic rings. The number of aromatic nitrogens is 1. The summed E-state index contributed by atoms with van der Waals surface area (Å²) in [5.74, 6) is 1.63. The van der Waals surface area contributed by atoms with Crippen molar-refractivity contribution in [2.45, 2.75) is 45.8 Å². The van der Waals surface area contributed by atoms with Crippen LogP contribution in [0.2, 0.25) is 0 Å². The molecule has 0 radical (unpaired) electrons. The molecule has 0 saturated carbocycles. The van der Waals surface area contributed by atoms with Crippen molar-refractivity contribution in [3.63, 3.8) is 0 Å². The van der Waals surface area contributed by atoms with E-state index in [0.29, 0.717) is 19.8 Å². The zero-order valence-electron chi connectivity index (χ0n) is 15.5. The van der Waals surface area contributed by atoms with Gasteiger partial charge in [0.1, 0.15) is 17.4 Å². The molecule has 0 spiro atoms. The molecule has 0 atom stereocenters. The maximum absolute atomic E-state index is 5.56. The predicted octanol–water partition coefficient (Wildman–Crippen LogP) is 3.31. The van der Waals surface area contributed by atoms with Gasteiger partial charge in [-0.1, -0.05) is 20.8 Å². The minimum absolute atomic E-state index is 0.0876. The zero-order chi connectivity index (χ0) is 18.1. The normalized spacial score (nSPS) is 12.4. The summed E-state index contributed by atoms with van der Waals surface area (Å²) < 4.78 is 10.8. The number of aliphatic imine (C=N–C) groups is 1. The van der Waals surface area contributed by atoms with Gasteiger partial charge in [-0.15, -0.1) is 11.3 Å². The molecule has 0 unspecified atom stereocenters. The summed E-state index contributed by atoms with van der Waals surface area (Å²) in [6.07, 6.45) is 2.55. The fourth-order valence-electron chi connectivity index (χ4n) is 2.06. The Hall–Kier alpha value is -1.86. The van der Waals surface area contributed by atoms with Crippen LogP contribution < -0.4 is 10.6 Å². The van der Waals surface area contributed by atoms with Crippen molar-refractivity contribution in [1.82, 2.24) is 15.6 Å². The van der Waals surface area contributed by atoms with Crippen LogP contribution in [-0.4, -0.2) is 31.1 Å². The minimum Gasteiger partial charge on any atom is -0.467 e. The molecule has 0 aliphatic heterocycles. The monoisotopic (exact) mass is 364 g/mol. The summed E-state index contributed by atoms with van der Waals surface area (Å²) in [6, 6.07) is 3.77. The van der Waals surface area contributed by atoms with Crippen molar-refractivity contribution in [3.05, 3.63) is 40.2 Å². The van der Waals surface area contributed by atoms with Gasteiger partial charge in [0.15, 0.2) is 5.96 Å². The van der Waals surface area contributed by atoms with E-state index in [1.165, 1.54) is 0 Å². The van der Waals surface area contributed by atoms with Crippen LogP contribution in [0.4, 0.5) is 0 Å². The second-order valence-electron chi connectivity index (χ2n) is 6.71. The van der Waals surface area contributed by atoms with Gasteiger partial charge in [0.25, 0.3) is 0 Å². The Labute approximate surface area is 153 Å². The number of hydrogen-bond donors (Lipinski definition) is 2. The molecule has 0 amide bonds. The van der Waals surface area contributed by atoms with Crippen LogP contribution in [0.3, 0.4) is 0 Å². The van der Waals surface area contributed by atoms with Crippen molar-refractivity contribution in [2.75, 3.05) is 20.2 Å². The summed E-state index contributed by atoms with van der Waals surface area (Å²) in [6.45, 7) is 9.18. The van der Waals surface area contributed by atoms with E-state index in [1.54, 1.807) is 24.6 Å². The molecule has 2 aromatic rings. The van der Waals surface area contributed by atoms with Crippen molar-refractivity contribution in [2.24, 2.45) is 4.99 Å². The fourth-order valence-corrected chi connectivity index (χ4v) is 3.03. The number of hydrogen-bond acceptors (Lipinski definition) is 5. The first-order valence-electron chi connectivity index (χ1n) is 8.48. The Kier molecular flexibility index (Phi) is 7.46. The van der Waals surface area contributed by atoms with Gasteiger partial charge in [-0.25, -0.2) is 4.98 Å². The molecule has 2 N–H and O–H groups in total. The Balaban J connectivity index is 1.61. The Bertz CT molecular complexity index is 644. The molecular weight excluding hydrogens is 336 g/mol. The number of guanidine groups is 1.